The minimum Gasteiger partial charge on any atom is -0.422 e. The third-order valence-corrected chi connectivity index (χ3v) is 4.03. The summed E-state index contributed by atoms with van der Waals surface area (Å²) in [6.07, 6.45) is 0.468. The number of nitrogens with zero attached hydrogens (tertiary/aromatic N) is 2. The Labute approximate surface area is 144 Å². The van der Waals surface area contributed by atoms with E-state index in [1.165, 1.54) is 5.01 Å². The molecule has 0 saturated carbocycles. The van der Waals surface area contributed by atoms with Gasteiger partial charge in [-0.1, -0.05) is 29.8 Å². The Balaban J connectivity index is 1.81. The number of halogens is 1. The Kier molecular flexibility index (Phi) is 4.62. The van der Waals surface area contributed by atoms with Crippen LogP contribution in [-0.4, -0.2) is 17.6 Å². The number of aryl methyl sites for hydroxylation is 1. The number of hydrazone groups is 1. The molecule has 0 fully saturated rings. The van der Waals surface area contributed by atoms with Crippen molar-refractivity contribution in [2.24, 2.45) is 5.10 Å². The highest BCUT2D eigenvalue weighted by Crippen LogP contribution is 2.23. The molecular weight excluding hydrogens is 328 g/mol. The van der Waals surface area contributed by atoms with Crippen LogP contribution in [0.4, 0.5) is 5.69 Å². The van der Waals surface area contributed by atoms with E-state index in [9.17, 15) is 9.59 Å². The van der Waals surface area contributed by atoms with Gasteiger partial charge in [-0.3, -0.25) is 4.79 Å². The van der Waals surface area contributed by atoms with Crippen molar-refractivity contribution in [3.63, 3.8) is 0 Å². The van der Waals surface area contributed by atoms with Gasteiger partial charge in [0.05, 0.1) is 5.69 Å². The molecule has 3 rings (SSSR count). The topological polar surface area (TPSA) is 59.0 Å². The lowest BCUT2D eigenvalue weighted by Crippen LogP contribution is -2.35. The number of para-hydroxylation sites is 1. The van der Waals surface area contributed by atoms with E-state index in [0.717, 1.165) is 5.56 Å². The van der Waals surface area contributed by atoms with Crippen molar-refractivity contribution in [3.05, 3.63) is 59.1 Å². The molecule has 6 heteroatoms. The molecule has 5 nitrogen and oxygen atoms in total. The molecule has 0 N–H and O–H groups in total. The Hall–Kier alpha value is -2.66. The van der Waals surface area contributed by atoms with Crippen LogP contribution in [0, 0.1) is 6.92 Å². The van der Waals surface area contributed by atoms with Crippen LogP contribution in [0.1, 0.15) is 18.4 Å². The van der Waals surface area contributed by atoms with Crippen LogP contribution in [0.2, 0.25) is 5.02 Å². The van der Waals surface area contributed by atoms with Crippen LogP contribution >= 0.6 is 11.6 Å². The fraction of sp³-hybridized carbons (Fsp3) is 0.167. The minimum atomic E-state index is -0.565. The molecule has 0 spiro atoms. The van der Waals surface area contributed by atoms with Crippen LogP contribution in [0.3, 0.4) is 0 Å². The molecule has 1 heterocycles. The lowest BCUT2D eigenvalue weighted by molar-refractivity contribution is -0.127. The van der Waals surface area contributed by atoms with E-state index < -0.39 is 5.97 Å². The third kappa shape index (κ3) is 3.46. The summed E-state index contributed by atoms with van der Waals surface area (Å²) in [4.78, 5) is 24.4. The molecule has 1 aliphatic heterocycles. The van der Waals surface area contributed by atoms with Crippen molar-refractivity contribution in [3.8, 4) is 5.75 Å². The minimum absolute atomic E-state index is 0.153. The Morgan fingerprint density at radius 2 is 1.92 bits per heavy atom. The third-order valence-electron chi connectivity index (χ3n) is 3.61. The molecule has 24 heavy (non-hydrogen) atoms. The fourth-order valence-corrected chi connectivity index (χ4v) is 2.44. The SMILES string of the molecule is Cc1cc(OC(=O)C2=NN(c3ccccc3)C(=O)CC2)ccc1Cl. The molecular formula is C18H15ClN2O3. The first-order valence-corrected chi connectivity index (χ1v) is 7.86. The van der Waals surface area contributed by atoms with Gasteiger partial charge in [0.25, 0.3) is 0 Å². The summed E-state index contributed by atoms with van der Waals surface area (Å²) in [6, 6.07) is 14.0. The first-order chi connectivity index (χ1) is 11.5. The zero-order chi connectivity index (χ0) is 17.1. The lowest BCUT2D eigenvalue weighted by atomic mass is 10.1. The summed E-state index contributed by atoms with van der Waals surface area (Å²) in [7, 11) is 0. The molecule has 1 amide bonds. The van der Waals surface area contributed by atoms with Gasteiger partial charge in [0.15, 0.2) is 0 Å². The van der Waals surface area contributed by atoms with Gasteiger partial charge in [0.2, 0.25) is 5.91 Å². The molecule has 0 atom stereocenters. The highest BCUT2D eigenvalue weighted by atomic mass is 35.5. The molecule has 0 radical (unpaired) electrons. The number of benzene rings is 2. The predicted molar refractivity (Wildman–Crippen MR) is 92.4 cm³/mol. The summed E-state index contributed by atoms with van der Waals surface area (Å²) in [6.45, 7) is 1.83. The smallest absolute Gasteiger partial charge is 0.359 e. The Morgan fingerprint density at radius 1 is 1.17 bits per heavy atom. The van der Waals surface area contributed by atoms with Crippen molar-refractivity contribution in [1.82, 2.24) is 0 Å². The van der Waals surface area contributed by atoms with Crippen LogP contribution in [0.5, 0.6) is 5.75 Å². The largest absolute Gasteiger partial charge is 0.422 e. The summed E-state index contributed by atoms with van der Waals surface area (Å²) < 4.78 is 5.34. The maximum atomic E-state index is 12.3. The molecule has 0 aromatic heterocycles. The molecule has 1 aliphatic rings. The van der Waals surface area contributed by atoms with E-state index in [1.807, 2.05) is 13.0 Å². The van der Waals surface area contributed by atoms with E-state index in [2.05, 4.69) is 5.10 Å². The van der Waals surface area contributed by atoms with Crippen LogP contribution in [0.25, 0.3) is 0 Å². The lowest BCUT2D eigenvalue weighted by Gasteiger charge is -2.22. The van der Waals surface area contributed by atoms with E-state index in [4.69, 9.17) is 16.3 Å². The average molecular weight is 343 g/mol. The van der Waals surface area contributed by atoms with E-state index in [0.29, 0.717) is 16.5 Å². The van der Waals surface area contributed by atoms with Gasteiger partial charge in [0.1, 0.15) is 11.5 Å². The maximum Gasteiger partial charge on any atom is 0.359 e. The normalized spacial score (nSPS) is 14.3. The van der Waals surface area contributed by atoms with Crippen molar-refractivity contribution in [2.45, 2.75) is 19.8 Å². The quantitative estimate of drug-likeness (QED) is 0.630. The van der Waals surface area contributed by atoms with Gasteiger partial charge in [-0.25, -0.2) is 9.80 Å². The number of anilines is 1. The van der Waals surface area contributed by atoms with Gasteiger partial charge in [-0.05, 0) is 42.8 Å². The number of ether oxygens (including phenoxy) is 1. The van der Waals surface area contributed by atoms with E-state index >= 15 is 0 Å². The van der Waals surface area contributed by atoms with Crippen LogP contribution < -0.4 is 9.75 Å². The summed E-state index contributed by atoms with van der Waals surface area (Å²) >= 11 is 5.96. The van der Waals surface area contributed by atoms with Crippen LogP contribution in [0.15, 0.2) is 53.6 Å². The number of rotatable bonds is 3. The Bertz CT molecular complexity index is 818. The molecule has 0 aliphatic carbocycles. The van der Waals surface area contributed by atoms with Crippen molar-refractivity contribution in [2.75, 3.05) is 5.01 Å². The highest BCUT2D eigenvalue weighted by molar-refractivity contribution is 6.38. The second kappa shape index (κ2) is 6.84. The monoisotopic (exact) mass is 342 g/mol. The fourth-order valence-electron chi connectivity index (χ4n) is 2.32. The maximum absolute atomic E-state index is 12.3. The zero-order valence-electron chi connectivity index (χ0n) is 13.0. The van der Waals surface area contributed by atoms with E-state index in [1.54, 1.807) is 42.5 Å². The number of carbonyl (C=O) groups is 2. The van der Waals surface area contributed by atoms with Gasteiger partial charge in [-0.15, -0.1) is 0 Å². The standard InChI is InChI=1S/C18H15ClN2O3/c1-12-11-14(7-8-15(12)19)24-18(23)16-9-10-17(22)21(20-16)13-5-3-2-4-6-13/h2-8,11H,9-10H2,1H3. The first-order valence-electron chi connectivity index (χ1n) is 7.48. The van der Waals surface area contributed by atoms with Crippen molar-refractivity contribution >= 4 is 34.9 Å². The molecule has 0 bridgehead atoms. The average Bonchev–Trinajstić information content (AvgIpc) is 2.59. The molecule has 2 aromatic rings. The molecule has 2 aromatic carbocycles. The number of amides is 1. The van der Waals surface area contributed by atoms with Gasteiger partial charge in [-0.2, -0.15) is 5.10 Å². The zero-order valence-corrected chi connectivity index (χ0v) is 13.8. The van der Waals surface area contributed by atoms with Crippen molar-refractivity contribution in [1.29, 1.82) is 0 Å². The van der Waals surface area contributed by atoms with Crippen molar-refractivity contribution < 1.29 is 14.3 Å². The van der Waals surface area contributed by atoms with Gasteiger partial charge >= 0.3 is 5.97 Å². The molecule has 122 valence electrons. The molecule has 0 unspecified atom stereocenters. The number of esters is 1. The molecule has 0 saturated heterocycles. The Morgan fingerprint density at radius 3 is 2.62 bits per heavy atom. The second-order valence-electron chi connectivity index (χ2n) is 5.39. The first kappa shape index (κ1) is 16.2. The second-order valence-corrected chi connectivity index (χ2v) is 5.80. The van der Waals surface area contributed by atoms with Crippen LogP contribution in [-0.2, 0) is 9.59 Å². The summed E-state index contributed by atoms with van der Waals surface area (Å²) in [5.74, 6) is -0.321. The highest BCUT2D eigenvalue weighted by Gasteiger charge is 2.26. The summed E-state index contributed by atoms with van der Waals surface area (Å²) in [5.41, 5.74) is 1.65. The van der Waals surface area contributed by atoms with E-state index in [-0.39, 0.29) is 24.5 Å². The summed E-state index contributed by atoms with van der Waals surface area (Å²) in [5, 5.41) is 6.01. The van der Waals surface area contributed by atoms with Gasteiger partial charge in [0, 0.05) is 17.9 Å². The number of hydrogen-bond acceptors (Lipinski definition) is 4. The predicted octanol–water partition coefficient (Wildman–Crippen LogP) is 3.74. The number of hydrogen-bond donors (Lipinski definition) is 0. The van der Waals surface area contributed by atoms with Gasteiger partial charge < -0.3 is 4.74 Å². The number of carbonyl (C=O) groups excluding carboxylic acids is 2.